The minimum absolute atomic E-state index is 0.176. The molecular weight excluding hydrogens is 184 g/mol. The number of allylic oxidation sites excluding steroid dienone is 3. The summed E-state index contributed by atoms with van der Waals surface area (Å²) in [6.45, 7) is 6.43. The van der Waals surface area contributed by atoms with E-state index in [4.69, 9.17) is 10.2 Å². The van der Waals surface area contributed by atoms with Gasteiger partial charge in [0.2, 0.25) is 0 Å². The summed E-state index contributed by atoms with van der Waals surface area (Å²) in [5.74, 6) is -1.85. The molecule has 0 rings (SSSR count). The fourth-order valence-electron chi connectivity index (χ4n) is 0.249. The first-order chi connectivity index (χ1) is 6.41. The van der Waals surface area contributed by atoms with Gasteiger partial charge in [-0.15, -0.1) is 0 Å². The van der Waals surface area contributed by atoms with Gasteiger partial charge in [-0.1, -0.05) is 24.8 Å². The highest BCUT2D eigenvalue weighted by molar-refractivity contribution is 5.84. The van der Waals surface area contributed by atoms with Crippen LogP contribution in [0.25, 0.3) is 0 Å². The van der Waals surface area contributed by atoms with E-state index in [1.54, 1.807) is 12.2 Å². The lowest BCUT2D eigenvalue weighted by Crippen LogP contribution is -1.92. The molecule has 0 saturated carbocycles. The molecular formula is C10H14O4. The van der Waals surface area contributed by atoms with Crippen molar-refractivity contribution < 1.29 is 19.8 Å². The highest BCUT2D eigenvalue weighted by Gasteiger charge is 1.90. The molecule has 0 amide bonds. The second-order valence-corrected chi connectivity index (χ2v) is 2.31. The van der Waals surface area contributed by atoms with Gasteiger partial charge in [-0.2, -0.15) is 0 Å². The van der Waals surface area contributed by atoms with Gasteiger partial charge in [-0.05, 0) is 13.8 Å². The zero-order chi connectivity index (χ0) is 11.6. The van der Waals surface area contributed by atoms with Crippen LogP contribution in [0.1, 0.15) is 13.8 Å². The van der Waals surface area contributed by atoms with Crippen LogP contribution in [-0.2, 0) is 9.59 Å². The molecule has 4 nitrogen and oxygen atoms in total. The predicted octanol–water partition coefficient (Wildman–Crippen LogP) is 1.85. The highest BCUT2D eigenvalue weighted by Crippen LogP contribution is 1.81. The summed E-state index contributed by atoms with van der Waals surface area (Å²) in [4.78, 5) is 19.4. The van der Waals surface area contributed by atoms with Crippen LogP contribution in [-0.4, -0.2) is 22.2 Å². The van der Waals surface area contributed by atoms with Crippen LogP contribution in [0.4, 0.5) is 0 Å². The topological polar surface area (TPSA) is 74.6 Å². The van der Waals surface area contributed by atoms with Gasteiger partial charge in [-0.3, -0.25) is 0 Å². The Kier molecular flexibility index (Phi) is 9.69. The molecule has 0 unspecified atom stereocenters. The molecule has 0 heterocycles. The highest BCUT2D eigenvalue weighted by atomic mass is 16.4. The van der Waals surface area contributed by atoms with Crippen molar-refractivity contribution in [1.29, 1.82) is 0 Å². The van der Waals surface area contributed by atoms with E-state index < -0.39 is 11.9 Å². The summed E-state index contributed by atoms with van der Waals surface area (Å²) in [6, 6.07) is 0. The molecule has 0 aromatic rings. The first-order valence-corrected chi connectivity index (χ1v) is 3.83. The second kappa shape index (κ2) is 9.25. The fraction of sp³-hybridized carbons (Fsp3) is 0.200. The van der Waals surface area contributed by atoms with E-state index in [-0.39, 0.29) is 5.57 Å². The van der Waals surface area contributed by atoms with E-state index >= 15 is 0 Å². The van der Waals surface area contributed by atoms with E-state index in [1.165, 1.54) is 13.0 Å². The van der Waals surface area contributed by atoms with Gasteiger partial charge in [0.05, 0.1) is 0 Å². The van der Waals surface area contributed by atoms with E-state index in [0.717, 1.165) is 6.08 Å². The van der Waals surface area contributed by atoms with Gasteiger partial charge in [0.1, 0.15) is 0 Å². The maximum atomic E-state index is 9.75. The molecule has 78 valence electrons. The third-order valence-corrected chi connectivity index (χ3v) is 0.907. The van der Waals surface area contributed by atoms with E-state index in [2.05, 4.69) is 6.58 Å². The van der Waals surface area contributed by atoms with Crippen molar-refractivity contribution in [3.05, 3.63) is 36.5 Å². The summed E-state index contributed by atoms with van der Waals surface area (Å²) in [7, 11) is 0. The van der Waals surface area contributed by atoms with Gasteiger partial charge in [0.15, 0.2) is 0 Å². The normalized spacial score (nSPS) is 9.57. The molecule has 0 bridgehead atoms. The Morgan fingerprint density at radius 3 is 1.86 bits per heavy atom. The molecule has 0 spiro atoms. The first kappa shape index (κ1) is 14.7. The Labute approximate surface area is 82.9 Å². The molecule has 0 aromatic carbocycles. The average molecular weight is 198 g/mol. The Hall–Kier alpha value is -1.84. The third kappa shape index (κ3) is 16.6. The Balaban J connectivity index is 0. The Morgan fingerprint density at radius 2 is 1.64 bits per heavy atom. The lowest BCUT2D eigenvalue weighted by atomic mass is 10.4. The van der Waals surface area contributed by atoms with Crippen LogP contribution in [0.5, 0.6) is 0 Å². The van der Waals surface area contributed by atoms with Crippen molar-refractivity contribution >= 4 is 11.9 Å². The molecule has 0 atom stereocenters. The van der Waals surface area contributed by atoms with Crippen molar-refractivity contribution in [3.8, 4) is 0 Å². The van der Waals surface area contributed by atoms with Crippen LogP contribution < -0.4 is 0 Å². The molecule has 0 aromatic heterocycles. The number of carboxylic acids is 2. The Morgan fingerprint density at radius 1 is 1.21 bits per heavy atom. The maximum absolute atomic E-state index is 9.75. The van der Waals surface area contributed by atoms with E-state index in [0.29, 0.717) is 0 Å². The molecule has 14 heavy (non-hydrogen) atoms. The van der Waals surface area contributed by atoms with Gasteiger partial charge in [0.25, 0.3) is 0 Å². The number of hydrogen-bond acceptors (Lipinski definition) is 2. The van der Waals surface area contributed by atoms with Gasteiger partial charge in [-0.25, -0.2) is 9.59 Å². The van der Waals surface area contributed by atoms with Crippen molar-refractivity contribution in [1.82, 2.24) is 0 Å². The SMILES string of the molecule is C/C=C/C=C/C(=O)O.C=C(C)C(=O)O. The Bertz CT molecular complexity index is 249. The smallest absolute Gasteiger partial charge is 0.330 e. The van der Waals surface area contributed by atoms with Crippen LogP contribution in [0.15, 0.2) is 36.5 Å². The van der Waals surface area contributed by atoms with E-state index in [1.807, 2.05) is 6.92 Å². The summed E-state index contributed by atoms with van der Waals surface area (Å²) in [5.41, 5.74) is 0.176. The van der Waals surface area contributed by atoms with Crippen LogP contribution in [0.2, 0.25) is 0 Å². The number of rotatable bonds is 3. The maximum Gasteiger partial charge on any atom is 0.330 e. The summed E-state index contributed by atoms with van der Waals surface area (Å²) in [5, 5.41) is 15.9. The van der Waals surface area contributed by atoms with Gasteiger partial charge < -0.3 is 10.2 Å². The van der Waals surface area contributed by atoms with Crippen LogP contribution in [0.3, 0.4) is 0 Å². The average Bonchev–Trinajstić information content (AvgIpc) is 2.05. The van der Waals surface area contributed by atoms with Crippen molar-refractivity contribution in [2.24, 2.45) is 0 Å². The molecule has 0 radical (unpaired) electrons. The van der Waals surface area contributed by atoms with Crippen molar-refractivity contribution in [2.45, 2.75) is 13.8 Å². The van der Waals surface area contributed by atoms with E-state index in [9.17, 15) is 9.59 Å². The quantitative estimate of drug-likeness (QED) is 0.536. The summed E-state index contributed by atoms with van der Waals surface area (Å²) in [6.07, 6.45) is 5.98. The predicted molar refractivity (Wildman–Crippen MR) is 54.0 cm³/mol. The molecule has 0 aliphatic carbocycles. The minimum atomic E-state index is -0.935. The number of carboxylic acid groups (broad SMARTS) is 2. The van der Waals surface area contributed by atoms with Crippen LogP contribution >= 0.6 is 0 Å². The molecule has 0 saturated heterocycles. The first-order valence-electron chi connectivity index (χ1n) is 3.83. The van der Waals surface area contributed by atoms with Gasteiger partial charge >= 0.3 is 11.9 Å². The number of hydrogen-bond donors (Lipinski definition) is 2. The fourth-order valence-corrected chi connectivity index (χ4v) is 0.249. The van der Waals surface area contributed by atoms with Gasteiger partial charge in [0, 0.05) is 11.6 Å². The van der Waals surface area contributed by atoms with Crippen molar-refractivity contribution in [3.63, 3.8) is 0 Å². The number of aliphatic carboxylic acids is 2. The third-order valence-electron chi connectivity index (χ3n) is 0.907. The lowest BCUT2D eigenvalue weighted by Gasteiger charge is -1.79. The minimum Gasteiger partial charge on any atom is -0.478 e. The van der Waals surface area contributed by atoms with Crippen molar-refractivity contribution in [2.75, 3.05) is 0 Å². The zero-order valence-electron chi connectivity index (χ0n) is 8.23. The molecule has 0 fully saturated rings. The zero-order valence-corrected chi connectivity index (χ0v) is 8.23. The molecule has 0 aliphatic rings. The number of carbonyl (C=O) groups is 2. The molecule has 4 heteroatoms. The van der Waals surface area contributed by atoms with Crippen LogP contribution in [0, 0.1) is 0 Å². The summed E-state index contributed by atoms with van der Waals surface area (Å²) < 4.78 is 0. The molecule has 2 N–H and O–H groups in total. The molecule has 0 aliphatic heterocycles. The standard InChI is InChI=1S/C6H8O2.C4H6O2/c1-2-3-4-5-6(7)8;1-3(2)4(5)6/h2-5H,1H3,(H,7,8);1H2,2H3,(H,5,6)/b3-2+,5-4+;. The summed E-state index contributed by atoms with van der Waals surface area (Å²) >= 11 is 0. The monoisotopic (exact) mass is 198 g/mol. The largest absolute Gasteiger partial charge is 0.478 e. The lowest BCUT2D eigenvalue weighted by molar-refractivity contribution is -0.133. The second-order valence-electron chi connectivity index (χ2n) is 2.31.